The Morgan fingerprint density at radius 3 is 2.48 bits per heavy atom. The molecule has 0 spiro atoms. The van der Waals surface area contributed by atoms with Crippen LogP contribution in [0.5, 0.6) is 0 Å². The molecule has 0 aliphatic rings. The van der Waals surface area contributed by atoms with E-state index in [-0.39, 0.29) is 27.2 Å². The van der Waals surface area contributed by atoms with Crippen LogP contribution in [-0.2, 0) is 16.6 Å². The van der Waals surface area contributed by atoms with Gasteiger partial charge in [0.05, 0.1) is 15.7 Å². The molecule has 0 heterocycles. The van der Waals surface area contributed by atoms with Gasteiger partial charge >= 0.3 is 0 Å². The summed E-state index contributed by atoms with van der Waals surface area (Å²) >= 11 is 11.8. The Bertz CT molecular complexity index is 777. The lowest BCUT2D eigenvalue weighted by Crippen LogP contribution is -2.24. The van der Waals surface area contributed by atoms with Crippen molar-refractivity contribution in [3.63, 3.8) is 0 Å². The van der Waals surface area contributed by atoms with Crippen LogP contribution < -0.4 is 10.5 Å². The van der Waals surface area contributed by atoms with Gasteiger partial charge in [0.2, 0.25) is 10.0 Å². The number of nitrogens with two attached hydrogens (primary N) is 1. The number of nitrogen functional groups attached to an aromatic ring is 1. The topological polar surface area (TPSA) is 72.2 Å². The number of sulfonamides is 1. The number of aryl methyl sites for hydroxylation is 1. The van der Waals surface area contributed by atoms with Gasteiger partial charge in [0.15, 0.2) is 0 Å². The van der Waals surface area contributed by atoms with E-state index in [1.807, 2.05) is 31.2 Å². The van der Waals surface area contributed by atoms with Gasteiger partial charge in [-0.3, -0.25) is 0 Å². The molecular weight excluding hydrogens is 331 g/mol. The average molecular weight is 345 g/mol. The second kappa shape index (κ2) is 6.23. The number of rotatable bonds is 4. The van der Waals surface area contributed by atoms with Crippen molar-refractivity contribution in [2.45, 2.75) is 18.4 Å². The zero-order chi connectivity index (χ0) is 15.6. The summed E-state index contributed by atoms with van der Waals surface area (Å²) in [5, 5.41) is 0.151. The second-order valence-corrected chi connectivity index (χ2v) is 7.04. The molecule has 0 bridgehead atoms. The monoisotopic (exact) mass is 344 g/mol. The molecule has 0 unspecified atom stereocenters. The molecule has 112 valence electrons. The summed E-state index contributed by atoms with van der Waals surface area (Å²) < 4.78 is 27.1. The van der Waals surface area contributed by atoms with E-state index in [0.29, 0.717) is 0 Å². The summed E-state index contributed by atoms with van der Waals surface area (Å²) in [4.78, 5) is -0.0837. The number of halogens is 2. The maximum Gasteiger partial charge on any atom is 0.242 e. The second-order valence-electron chi connectivity index (χ2n) is 4.52. The molecule has 3 N–H and O–H groups in total. The first-order valence-electron chi connectivity index (χ1n) is 6.10. The van der Waals surface area contributed by atoms with Gasteiger partial charge in [0.25, 0.3) is 0 Å². The van der Waals surface area contributed by atoms with Crippen molar-refractivity contribution in [1.29, 1.82) is 0 Å². The molecule has 2 aromatic carbocycles. The van der Waals surface area contributed by atoms with Crippen LogP contribution in [0.15, 0.2) is 41.3 Å². The molecule has 2 aromatic rings. The average Bonchev–Trinajstić information content (AvgIpc) is 2.44. The van der Waals surface area contributed by atoms with Crippen LogP contribution in [0.4, 0.5) is 5.69 Å². The molecule has 0 radical (unpaired) electrons. The summed E-state index contributed by atoms with van der Waals surface area (Å²) in [5.74, 6) is 0. The highest BCUT2D eigenvalue weighted by molar-refractivity contribution is 7.89. The Labute approximate surface area is 133 Å². The van der Waals surface area contributed by atoms with Crippen molar-refractivity contribution in [1.82, 2.24) is 4.72 Å². The minimum absolute atomic E-state index is 0.0529. The van der Waals surface area contributed by atoms with E-state index in [0.717, 1.165) is 11.1 Å². The first kappa shape index (κ1) is 16.1. The maximum absolute atomic E-state index is 12.3. The predicted octanol–water partition coefficient (Wildman–Crippen LogP) is 3.36. The minimum Gasteiger partial charge on any atom is -0.396 e. The Hall–Kier alpha value is -1.27. The third-order valence-electron chi connectivity index (χ3n) is 3.09. The van der Waals surface area contributed by atoms with E-state index >= 15 is 0 Å². The van der Waals surface area contributed by atoms with Gasteiger partial charge in [0, 0.05) is 6.54 Å². The Morgan fingerprint density at radius 2 is 1.81 bits per heavy atom. The first-order valence-corrected chi connectivity index (χ1v) is 8.34. The highest BCUT2D eigenvalue weighted by Crippen LogP contribution is 2.33. The van der Waals surface area contributed by atoms with Crippen molar-refractivity contribution in [2.75, 3.05) is 5.73 Å². The van der Waals surface area contributed by atoms with Crippen molar-refractivity contribution in [3.8, 4) is 0 Å². The van der Waals surface area contributed by atoms with Crippen LogP contribution in [-0.4, -0.2) is 8.42 Å². The Kier molecular flexibility index (Phi) is 4.78. The highest BCUT2D eigenvalue weighted by atomic mass is 35.5. The fourth-order valence-corrected chi connectivity index (χ4v) is 3.59. The van der Waals surface area contributed by atoms with E-state index in [1.54, 1.807) is 0 Å². The summed E-state index contributed by atoms with van der Waals surface area (Å²) in [6.45, 7) is 2.09. The number of hydrogen-bond donors (Lipinski definition) is 2. The fourth-order valence-electron chi connectivity index (χ4n) is 1.82. The highest BCUT2D eigenvalue weighted by Gasteiger charge is 2.20. The fraction of sp³-hybridized carbons (Fsp3) is 0.143. The predicted molar refractivity (Wildman–Crippen MR) is 86.1 cm³/mol. The lowest BCUT2D eigenvalue weighted by atomic mass is 10.1. The molecule has 2 rings (SSSR count). The first-order chi connectivity index (χ1) is 9.83. The van der Waals surface area contributed by atoms with E-state index in [1.165, 1.54) is 12.1 Å². The standard InChI is InChI=1S/C14H14Cl2N2O2S/c1-9-4-2-3-5-10(9)8-18-21(19,20)12-7-6-11(15)14(17)13(12)16/h2-7,18H,8,17H2,1H3. The van der Waals surface area contributed by atoms with E-state index in [2.05, 4.69) is 4.72 Å². The number of benzene rings is 2. The van der Waals surface area contributed by atoms with Gasteiger partial charge < -0.3 is 5.73 Å². The Balaban J connectivity index is 2.28. The molecule has 21 heavy (non-hydrogen) atoms. The van der Waals surface area contributed by atoms with E-state index < -0.39 is 10.0 Å². The molecular formula is C14H14Cl2N2O2S. The third kappa shape index (κ3) is 3.49. The molecule has 0 amide bonds. The van der Waals surface area contributed by atoms with E-state index in [9.17, 15) is 8.42 Å². The summed E-state index contributed by atoms with van der Waals surface area (Å²) in [6, 6.07) is 10.3. The van der Waals surface area contributed by atoms with Crippen LogP contribution in [0.1, 0.15) is 11.1 Å². The number of anilines is 1. The summed E-state index contributed by atoms with van der Waals surface area (Å²) in [5.41, 5.74) is 7.60. The lowest BCUT2D eigenvalue weighted by Gasteiger charge is -2.11. The third-order valence-corrected chi connectivity index (χ3v) is 5.39. The van der Waals surface area contributed by atoms with Crippen molar-refractivity contribution < 1.29 is 8.42 Å². The van der Waals surface area contributed by atoms with Crippen LogP contribution in [0, 0.1) is 6.92 Å². The molecule has 0 atom stereocenters. The van der Waals surface area contributed by atoms with Crippen molar-refractivity contribution in [2.24, 2.45) is 0 Å². The lowest BCUT2D eigenvalue weighted by molar-refractivity contribution is 0.581. The molecule has 7 heteroatoms. The van der Waals surface area contributed by atoms with Gasteiger partial charge in [-0.1, -0.05) is 47.5 Å². The summed E-state index contributed by atoms with van der Waals surface area (Å²) in [7, 11) is -3.77. The largest absolute Gasteiger partial charge is 0.396 e. The molecule has 4 nitrogen and oxygen atoms in total. The van der Waals surface area contributed by atoms with Crippen molar-refractivity contribution in [3.05, 3.63) is 57.6 Å². The summed E-state index contributed by atoms with van der Waals surface area (Å²) in [6.07, 6.45) is 0. The molecule has 0 fully saturated rings. The molecule has 0 aromatic heterocycles. The minimum atomic E-state index is -3.77. The smallest absolute Gasteiger partial charge is 0.242 e. The zero-order valence-corrected chi connectivity index (χ0v) is 13.6. The molecule has 0 saturated carbocycles. The SMILES string of the molecule is Cc1ccccc1CNS(=O)(=O)c1ccc(Cl)c(N)c1Cl. The quantitative estimate of drug-likeness (QED) is 0.835. The number of hydrogen-bond acceptors (Lipinski definition) is 3. The maximum atomic E-state index is 12.3. The zero-order valence-electron chi connectivity index (χ0n) is 11.2. The van der Waals surface area contributed by atoms with Gasteiger partial charge in [-0.2, -0.15) is 0 Å². The normalized spacial score (nSPS) is 11.6. The van der Waals surface area contributed by atoms with Crippen LogP contribution in [0.3, 0.4) is 0 Å². The van der Waals surface area contributed by atoms with Gasteiger partial charge in [-0.05, 0) is 30.2 Å². The van der Waals surface area contributed by atoms with Crippen molar-refractivity contribution >= 4 is 38.9 Å². The van der Waals surface area contributed by atoms with Gasteiger partial charge in [-0.25, -0.2) is 13.1 Å². The molecule has 0 aliphatic heterocycles. The van der Waals surface area contributed by atoms with Crippen LogP contribution >= 0.6 is 23.2 Å². The van der Waals surface area contributed by atoms with E-state index in [4.69, 9.17) is 28.9 Å². The van der Waals surface area contributed by atoms with Gasteiger partial charge in [0.1, 0.15) is 4.90 Å². The number of nitrogens with one attached hydrogen (secondary N) is 1. The molecule has 0 saturated heterocycles. The molecule has 0 aliphatic carbocycles. The van der Waals surface area contributed by atoms with Crippen LogP contribution in [0.2, 0.25) is 10.0 Å². The van der Waals surface area contributed by atoms with Gasteiger partial charge in [-0.15, -0.1) is 0 Å². The van der Waals surface area contributed by atoms with Crippen LogP contribution in [0.25, 0.3) is 0 Å². The Morgan fingerprint density at radius 1 is 1.14 bits per heavy atom.